The van der Waals surface area contributed by atoms with Gasteiger partial charge in [0.15, 0.2) is 0 Å². The highest BCUT2D eigenvalue weighted by Gasteiger charge is 2.05. The molecule has 0 spiro atoms. The van der Waals surface area contributed by atoms with Crippen molar-refractivity contribution < 1.29 is 4.74 Å². The Balaban J connectivity index is 2.20. The molecule has 0 atom stereocenters. The molecule has 80 valence electrons. The molecular formula is C11H15N3O. The van der Waals surface area contributed by atoms with E-state index in [4.69, 9.17) is 4.74 Å². The van der Waals surface area contributed by atoms with Crippen LogP contribution < -0.4 is 4.90 Å². The minimum atomic E-state index is 0.702. The van der Waals surface area contributed by atoms with E-state index in [9.17, 15) is 0 Å². The summed E-state index contributed by atoms with van der Waals surface area (Å²) in [5.74, 6) is 0.883. The zero-order chi connectivity index (χ0) is 10.7. The van der Waals surface area contributed by atoms with Crippen molar-refractivity contribution in [2.24, 2.45) is 0 Å². The van der Waals surface area contributed by atoms with E-state index < -0.39 is 0 Å². The second kappa shape index (κ2) is 4.31. The number of benzene rings is 1. The molecule has 1 heterocycles. The van der Waals surface area contributed by atoms with Crippen molar-refractivity contribution in [3.8, 4) is 0 Å². The van der Waals surface area contributed by atoms with Gasteiger partial charge in [0, 0.05) is 20.7 Å². The van der Waals surface area contributed by atoms with Gasteiger partial charge in [0.05, 0.1) is 17.6 Å². The van der Waals surface area contributed by atoms with Crippen LogP contribution in [0.25, 0.3) is 11.0 Å². The van der Waals surface area contributed by atoms with Crippen molar-refractivity contribution in [2.75, 3.05) is 32.2 Å². The van der Waals surface area contributed by atoms with Gasteiger partial charge in [0.25, 0.3) is 0 Å². The molecule has 1 aromatic heterocycles. The lowest BCUT2D eigenvalue weighted by atomic mass is 10.3. The molecule has 4 nitrogen and oxygen atoms in total. The molecule has 4 heteroatoms. The van der Waals surface area contributed by atoms with Crippen molar-refractivity contribution in [2.45, 2.75) is 0 Å². The van der Waals surface area contributed by atoms with Crippen LogP contribution in [-0.2, 0) is 4.74 Å². The number of fused-ring (bicyclic) bond motifs is 1. The number of ether oxygens (including phenoxy) is 1. The number of nitrogens with zero attached hydrogens (tertiary/aromatic N) is 2. The smallest absolute Gasteiger partial charge is 0.203 e. The van der Waals surface area contributed by atoms with Crippen LogP contribution in [0.5, 0.6) is 0 Å². The van der Waals surface area contributed by atoms with Gasteiger partial charge in [-0.2, -0.15) is 0 Å². The Bertz CT molecular complexity index is 405. The summed E-state index contributed by atoms with van der Waals surface area (Å²) in [6, 6.07) is 8.01. The van der Waals surface area contributed by atoms with Crippen LogP contribution >= 0.6 is 0 Å². The summed E-state index contributed by atoms with van der Waals surface area (Å²) in [7, 11) is 3.70. The molecule has 0 radical (unpaired) electrons. The lowest BCUT2D eigenvalue weighted by Crippen LogP contribution is -2.22. The summed E-state index contributed by atoms with van der Waals surface area (Å²) in [4.78, 5) is 9.79. The Labute approximate surface area is 88.9 Å². The van der Waals surface area contributed by atoms with Crippen molar-refractivity contribution in [1.29, 1.82) is 0 Å². The van der Waals surface area contributed by atoms with E-state index in [-0.39, 0.29) is 0 Å². The normalized spacial score (nSPS) is 10.8. The van der Waals surface area contributed by atoms with Crippen molar-refractivity contribution >= 4 is 17.0 Å². The van der Waals surface area contributed by atoms with Gasteiger partial charge in [-0.3, -0.25) is 0 Å². The largest absolute Gasteiger partial charge is 0.383 e. The first-order valence-corrected chi connectivity index (χ1v) is 4.96. The average Bonchev–Trinajstić information content (AvgIpc) is 2.69. The number of anilines is 1. The number of para-hydroxylation sites is 2. The first kappa shape index (κ1) is 9.98. The Kier molecular flexibility index (Phi) is 2.87. The van der Waals surface area contributed by atoms with Crippen molar-refractivity contribution in [3.63, 3.8) is 0 Å². The molecule has 1 aromatic carbocycles. The summed E-state index contributed by atoms with van der Waals surface area (Å²) in [6.45, 7) is 1.53. The highest BCUT2D eigenvalue weighted by molar-refractivity contribution is 5.77. The van der Waals surface area contributed by atoms with E-state index in [0.717, 1.165) is 23.5 Å². The maximum atomic E-state index is 5.02. The molecule has 0 fully saturated rings. The van der Waals surface area contributed by atoms with Gasteiger partial charge in [-0.15, -0.1) is 0 Å². The number of H-pyrrole nitrogens is 1. The number of likely N-dealkylation sites (N-methyl/N-ethyl adjacent to an activating group) is 1. The lowest BCUT2D eigenvalue weighted by Gasteiger charge is -2.14. The minimum absolute atomic E-state index is 0.702. The Hall–Kier alpha value is -1.55. The Morgan fingerprint density at radius 1 is 1.40 bits per heavy atom. The van der Waals surface area contributed by atoms with Gasteiger partial charge in [-0.05, 0) is 12.1 Å². The van der Waals surface area contributed by atoms with Crippen LogP contribution in [0.1, 0.15) is 0 Å². The van der Waals surface area contributed by atoms with E-state index >= 15 is 0 Å². The fourth-order valence-electron chi connectivity index (χ4n) is 1.45. The van der Waals surface area contributed by atoms with Gasteiger partial charge >= 0.3 is 0 Å². The molecule has 0 bridgehead atoms. The molecule has 0 aliphatic carbocycles. The Morgan fingerprint density at radius 3 is 2.93 bits per heavy atom. The summed E-state index contributed by atoms with van der Waals surface area (Å²) in [5, 5.41) is 0. The SMILES string of the molecule is COCCN(C)c1nc2ccccc2[nH]1. The van der Waals surface area contributed by atoms with Crippen LogP contribution in [0, 0.1) is 0 Å². The van der Waals surface area contributed by atoms with Crippen LogP contribution in [-0.4, -0.2) is 37.3 Å². The highest BCUT2D eigenvalue weighted by Crippen LogP contribution is 2.15. The molecule has 0 aliphatic heterocycles. The van der Waals surface area contributed by atoms with E-state index in [1.54, 1.807) is 7.11 Å². The monoisotopic (exact) mass is 205 g/mol. The predicted molar refractivity (Wildman–Crippen MR) is 61.2 cm³/mol. The number of hydrogen-bond donors (Lipinski definition) is 1. The molecule has 0 saturated carbocycles. The molecule has 2 rings (SSSR count). The Morgan fingerprint density at radius 2 is 2.20 bits per heavy atom. The first-order chi connectivity index (χ1) is 7.31. The minimum Gasteiger partial charge on any atom is -0.383 e. The van der Waals surface area contributed by atoms with Gasteiger partial charge in [0.1, 0.15) is 0 Å². The number of aromatic amines is 1. The highest BCUT2D eigenvalue weighted by atomic mass is 16.5. The third-order valence-electron chi connectivity index (χ3n) is 2.37. The lowest BCUT2D eigenvalue weighted by molar-refractivity contribution is 0.206. The third kappa shape index (κ3) is 2.10. The van der Waals surface area contributed by atoms with Gasteiger partial charge in [-0.1, -0.05) is 12.1 Å². The molecule has 0 aliphatic rings. The maximum Gasteiger partial charge on any atom is 0.203 e. The number of nitrogens with one attached hydrogen (secondary N) is 1. The van der Waals surface area contributed by atoms with Crippen molar-refractivity contribution in [3.05, 3.63) is 24.3 Å². The molecule has 0 saturated heterocycles. The second-order valence-corrected chi connectivity index (χ2v) is 3.49. The van der Waals surface area contributed by atoms with E-state index in [1.165, 1.54) is 0 Å². The summed E-state index contributed by atoms with van der Waals surface area (Å²) >= 11 is 0. The predicted octanol–water partition coefficient (Wildman–Crippen LogP) is 1.65. The molecule has 1 N–H and O–H groups in total. The third-order valence-corrected chi connectivity index (χ3v) is 2.37. The standard InChI is InChI=1S/C11H15N3O/c1-14(7-8-15-2)11-12-9-5-3-4-6-10(9)13-11/h3-6H,7-8H2,1-2H3,(H,12,13). The number of rotatable bonds is 4. The van der Waals surface area contributed by atoms with E-state index in [1.807, 2.05) is 36.2 Å². The molecule has 2 aromatic rings. The first-order valence-electron chi connectivity index (χ1n) is 4.96. The fraction of sp³-hybridized carbons (Fsp3) is 0.364. The zero-order valence-electron chi connectivity index (χ0n) is 9.03. The zero-order valence-corrected chi connectivity index (χ0v) is 9.03. The number of aromatic nitrogens is 2. The molecular weight excluding hydrogens is 190 g/mol. The number of methoxy groups -OCH3 is 1. The maximum absolute atomic E-state index is 5.02. The van der Waals surface area contributed by atoms with E-state index in [0.29, 0.717) is 6.61 Å². The number of imidazole rings is 1. The molecule has 15 heavy (non-hydrogen) atoms. The summed E-state index contributed by atoms with van der Waals surface area (Å²) in [5.41, 5.74) is 2.06. The summed E-state index contributed by atoms with van der Waals surface area (Å²) < 4.78 is 5.02. The van der Waals surface area contributed by atoms with Gasteiger partial charge in [0.2, 0.25) is 5.95 Å². The second-order valence-electron chi connectivity index (χ2n) is 3.49. The van der Waals surface area contributed by atoms with Gasteiger partial charge < -0.3 is 14.6 Å². The number of hydrogen-bond acceptors (Lipinski definition) is 3. The van der Waals surface area contributed by atoms with Crippen LogP contribution in [0.2, 0.25) is 0 Å². The molecule has 0 amide bonds. The van der Waals surface area contributed by atoms with Gasteiger partial charge in [-0.25, -0.2) is 4.98 Å². The van der Waals surface area contributed by atoms with Crippen LogP contribution in [0.3, 0.4) is 0 Å². The fourth-order valence-corrected chi connectivity index (χ4v) is 1.45. The quantitative estimate of drug-likeness (QED) is 0.825. The van der Waals surface area contributed by atoms with Crippen LogP contribution in [0.4, 0.5) is 5.95 Å². The summed E-state index contributed by atoms with van der Waals surface area (Å²) in [6.07, 6.45) is 0. The van der Waals surface area contributed by atoms with Crippen LogP contribution in [0.15, 0.2) is 24.3 Å². The topological polar surface area (TPSA) is 41.1 Å². The van der Waals surface area contributed by atoms with Crippen molar-refractivity contribution in [1.82, 2.24) is 9.97 Å². The molecule has 0 unspecified atom stereocenters. The average molecular weight is 205 g/mol. The van der Waals surface area contributed by atoms with E-state index in [2.05, 4.69) is 9.97 Å².